The first-order valence-corrected chi connectivity index (χ1v) is 8.82. The van der Waals surface area contributed by atoms with Crippen LogP contribution in [0.5, 0.6) is 5.75 Å². The normalized spacial score (nSPS) is 11.2. The number of halogens is 2. The number of hydrogen-bond donors (Lipinski definition) is 0. The second-order valence-corrected chi connectivity index (χ2v) is 6.45. The highest BCUT2D eigenvalue weighted by atomic mass is 35.5. The van der Waals surface area contributed by atoms with Crippen molar-refractivity contribution in [1.29, 1.82) is 5.26 Å². The Morgan fingerprint density at radius 2 is 2.04 bits per heavy atom. The van der Waals surface area contributed by atoms with Crippen molar-refractivity contribution in [2.45, 2.75) is 6.42 Å². The number of para-hydroxylation sites is 1. The van der Waals surface area contributed by atoms with Crippen molar-refractivity contribution < 1.29 is 4.74 Å². The van der Waals surface area contributed by atoms with E-state index in [2.05, 4.69) is 6.07 Å². The Labute approximate surface area is 150 Å². The molecule has 0 spiro atoms. The Bertz CT molecular complexity index is 781. The number of nitrogens with zero attached hydrogens (tertiary/aromatic N) is 1. The van der Waals surface area contributed by atoms with Crippen molar-refractivity contribution in [1.82, 2.24) is 0 Å². The number of benzene rings is 2. The smallest absolute Gasteiger partial charge is 0.129 e. The summed E-state index contributed by atoms with van der Waals surface area (Å²) >= 11 is 13.4. The third-order valence-corrected chi connectivity index (χ3v) is 4.71. The van der Waals surface area contributed by atoms with E-state index in [1.165, 1.54) is 11.8 Å². The number of ether oxygens (including phenoxy) is 1. The van der Waals surface area contributed by atoms with Crippen molar-refractivity contribution >= 4 is 41.0 Å². The van der Waals surface area contributed by atoms with E-state index >= 15 is 0 Å². The standard InChI is InChI=1S/C18H15Cl2NOS/c1-22-18-13(8-12-6-7-16(19)17(20)9-12)4-3-5-14(18)10-15(11-21)23-2/h3-7,9-10H,8H2,1-2H3/b15-10+. The third kappa shape index (κ3) is 4.45. The van der Waals surface area contributed by atoms with Gasteiger partial charge in [-0.1, -0.05) is 47.5 Å². The Balaban J connectivity index is 2.41. The second-order valence-electron chi connectivity index (χ2n) is 4.79. The molecule has 2 aromatic rings. The van der Waals surface area contributed by atoms with E-state index in [0.717, 1.165) is 22.4 Å². The molecule has 23 heavy (non-hydrogen) atoms. The summed E-state index contributed by atoms with van der Waals surface area (Å²) in [5, 5.41) is 10.2. The average Bonchev–Trinajstić information content (AvgIpc) is 2.56. The molecule has 0 fully saturated rings. The molecule has 5 heteroatoms. The predicted molar refractivity (Wildman–Crippen MR) is 99.4 cm³/mol. The van der Waals surface area contributed by atoms with Crippen LogP contribution in [0.2, 0.25) is 10.0 Å². The maximum Gasteiger partial charge on any atom is 0.129 e. The van der Waals surface area contributed by atoms with Gasteiger partial charge in [0.25, 0.3) is 0 Å². The SMILES string of the molecule is COc1c(/C=C(\C#N)SC)cccc1Cc1ccc(Cl)c(Cl)c1. The summed E-state index contributed by atoms with van der Waals surface area (Å²) in [5.74, 6) is 0.764. The fraction of sp³-hybridized carbons (Fsp3) is 0.167. The van der Waals surface area contributed by atoms with E-state index in [0.29, 0.717) is 21.4 Å². The molecule has 0 unspecified atom stereocenters. The fourth-order valence-electron chi connectivity index (χ4n) is 2.25. The van der Waals surface area contributed by atoms with Crippen LogP contribution in [0.25, 0.3) is 6.08 Å². The molecule has 0 heterocycles. The van der Waals surface area contributed by atoms with Crippen molar-refractivity contribution in [2.75, 3.05) is 13.4 Å². The molecule has 0 saturated carbocycles. The molecule has 0 amide bonds. The van der Waals surface area contributed by atoms with Gasteiger partial charge in [-0.15, -0.1) is 11.8 Å². The Hall–Kier alpha value is -1.60. The average molecular weight is 364 g/mol. The Morgan fingerprint density at radius 1 is 1.26 bits per heavy atom. The summed E-state index contributed by atoms with van der Waals surface area (Å²) in [6.07, 6.45) is 4.38. The van der Waals surface area contributed by atoms with Gasteiger partial charge in [0.15, 0.2) is 0 Å². The first-order chi connectivity index (χ1) is 11.1. The van der Waals surface area contributed by atoms with Crippen molar-refractivity contribution in [3.05, 3.63) is 68.0 Å². The van der Waals surface area contributed by atoms with Crippen LogP contribution in [0, 0.1) is 11.3 Å². The molecule has 2 nitrogen and oxygen atoms in total. The largest absolute Gasteiger partial charge is 0.496 e. The van der Waals surface area contributed by atoms with Crippen LogP contribution in [-0.4, -0.2) is 13.4 Å². The molecular formula is C18H15Cl2NOS. The van der Waals surface area contributed by atoms with Gasteiger partial charge in [-0.05, 0) is 35.6 Å². The molecule has 0 bridgehead atoms. The van der Waals surface area contributed by atoms with Gasteiger partial charge in [-0.3, -0.25) is 0 Å². The summed E-state index contributed by atoms with van der Waals surface area (Å²) in [6, 6.07) is 13.7. The molecular weight excluding hydrogens is 349 g/mol. The van der Waals surface area contributed by atoms with E-state index in [1.807, 2.05) is 42.7 Å². The van der Waals surface area contributed by atoms with Gasteiger partial charge >= 0.3 is 0 Å². The number of methoxy groups -OCH3 is 1. The maximum absolute atomic E-state index is 9.10. The van der Waals surface area contributed by atoms with Crippen LogP contribution in [0.1, 0.15) is 16.7 Å². The highest BCUT2D eigenvalue weighted by molar-refractivity contribution is 8.02. The minimum absolute atomic E-state index is 0.535. The van der Waals surface area contributed by atoms with Gasteiger partial charge in [-0.2, -0.15) is 5.26 Å². The lowest BCUT2D eigenvalue weighted by atomic mass is 10.0. The van der Waals surface area contributed by atoms with E-state index in [-0.39, 0.29) is 0 Å². The summed E-state index contributed by atoms with van der Waals surface area (Å²) in [7, 11) is 1.64. The molecule has 0 aliphatic heterocycles. The molecule has 0 aliphatic carbocycles. The van der Waals surface area contributed by atoms with E-state index < -0.39 is 0 Å². The zero-order chi connectivity index (χ0) is 16.8. The number of rotatable bonds is 5. The van der Waals surface area contributed by atoms with Crippen LogP contribution in [0.4, 0.5) is 0 Å². The molecule has 0 aliphatic rings. The summed E-state index contributed by atoms with van der Waals surface area (Å²) < 4.78 is 5.57. The highest BCUT2D eigenvalue weighted by Crippen LogP contribution is 2.31. The maximum atomic E-state index is 9.10. The fourth-order valence-corrected chi connectivity index (χ4v) is 2.91. The topological polar surface area (TPSA) is 33.0 Å². The number of allylic oxidation sites excluding steroid dienone is 1. The van der Waals surface area contributed by atoms with Gasteiger partial charge in [-0.25, -0.2) is 0 Å². The van der Waals surface area contributed by atoms with Gasteiger partial charge in [0.1, 0.15) is 11.8 Å². The van der Waals surface area contributed by atoms with Gasteiger partial charge in [0, 0.05) is 12.0 Å². The minimum atomic E-state index is 0.535. The first-order valence-electron chi connectivity index (χ1n) is 6.84. The Morgan fingerprint density at radius 3 is 2.65 bits per heavy atom. The van der Waals surface area contributed by atoms with E-state index in [9.17, 15) is 0 Å². The van der Waals surface area contributed by atoms with Gasteiger partial charge < -0.3 is 4.74 Å². The van der Waals surface area contributed by atoms with Crippen molar-refractivity contribution in [3.8, 4) is 11.8 Å². The first kappa shape index (κ1) is 17.7. The quantitative estimate of drug-likeness (QED) is 0.627. The van der Waals surface area contributed by atoms with Crippen molar-refractivity contribution in [3.63, 3.8) is 0 Å². The van der Waals surface area contributed by atoms with Crippen LogP contribution >= 0.6 is 35.0 Å². The second kappa shape index (κ2) is 8.31. The summed E-state index contributed by atoms with van der Waals surface area (Å²) in [4.78, 5) is 0.634. The molecule has 118 valence electrons. The molecule has 0 atom stereocenters. The molecule has 0 radical (unpaired) electrons. The predicted octanol–water partition coefficient (Wildman–Crippen LogP) is 5.82. The van der Waals surface area contributed by atoms with Gasteiger partial charge in [0.05, 0.1) is 22.1 Å². The summed E-state index contributed by atoms with van der Waals surface area (Å²) in [5.41, 5.74) is 2.96. The zero-order valence-electron chi connectivity index (χ0n) is 12.8. The third-order valence-electron chi connectivity index (χ3n) is 3.33. The van der Waals surface area contributed by atoms with E-state index in [4.69, 9.17) is 33.2 Å². The van der Waals surface area contributed by atoms with Crippen LogP contribution in [0.15, 0.2) is 41.3 Å². The summed E-state index contributed by atoms with van der Waals surface area (Å²) in [6.45, 7) is 0. The molecule has 0 saturated heterocycles. The molecule has 2 aromatic carbocycles. The zero-order valence-corrected chi connectivity index (χ0v) is 15.1. The monoisotopic (exact) mass is 363 g/mol. The van der Waals surface area contributed by atoms with Crippen LogP contribution < -0.4 is 4.74 Å². The molecule has 0 aromatic heterocycles. The lowest BCUT2D eigenvalue weighted by molar-refractivity contribution is 0.409. The lowest BCUT2D eigenvalue weighted by Gasteiger charge is -2.12. The van der Waals surface area contributed by atoms with E-state index in [1.54, 1.807) is 13.2 Å². The highest BCUT2D eigenvalue weighted by Gasteiger charge is 2.10. The van der Waals surface area contributed by atoms with Crippen LogP contribution in [-0.2, 0) is 6.42 Å². The number of hydrogen-bond acceptors (Lipinski definition) is 3. The van der Waals surface area contributed by atoms with Crippen molar-refractivity contribution in [2.24, 2.45) is 0 Å². The number of nitriles is 1. The van der Waals surface area contributed by atoms with Gasteiger partial charge in [0.2, 0.25) is 0 Å². The Kier molecular flexibility index (Phi) is 6.41. The lowest BCUT2D eigenvalue weighted by Crippen LogP contribution is -1.96. The number of thioether (sulfide) groups is 1. The molecule has 2 rings (SSSR count). The van der Waals surface area contributed by atoms with Crippen LogP contribution in [0.3, 0.4) is 0 Å². The minimum Gasteiger partial charge on any atom is -0.496 e. The molecule has 0 N–H and O–H groups in total.